The van der Waals surface area contributed by atoms with Crippen LogP contribution in [0.2, 0.25) is 0 Å². The van der Waals surface area contributed by atoms with Gasteiger partial charge in [-0.15, -0.1) is 0 Å². The van der Waals surface area contributed by atoms with Crippen LogP contribution in [0, 0.1) is 11.8 Å². The van der Waals surface area contributed by atoms with E-state index < -0.39 is 0 Å². The van der Waals surface area contributed by atoms with Crippen molar-refractivity contribution in [2.45, 2.75) is 39.0 Å². The lowest BCUT2D eigenvalue weighted by atomic mass is 10.1. The number of hydrogen-bond donors (Lipinski definition) is 0. The average Bonchev–Trinajstić information content (AvgIpc) is 2.71. The third kappa shape index (κ3) is 5.46. The summed E-state index contributed by atoms with van der Waals surface area (Å²) in [5, 5.41) is 2.17. The number of hydrogen-bond acceptors (Lipinski definition) is 2. The summed E-state index contributed by atoms with van der Waals surface area (Å²) in [5.41, 5.74) is 1.45. The average molecular weight is 356 g/mol. The molecule has 0 saturated carbocycles. The second-order valence-electron chi connectivity index (χ2n) is 6.59. The predicted molar refractivity (Wildman–Crippen MR) is 111 cm³/mol. The first-order valence-electron chi connectivity index (χ1n) is 9.56. The molecule has 27 heavy (non-hydrogen) atoms. The summed E-state index contributed by atoms with van der Waals surface area (Å²) in [6.07, 6.45) is 5.83. The molecule has 3 aromatic rings. The Hall–Kier alpha value is -3.05. The van der Waals surface area contributed by atoms with Gasteiger partial charge in [-0.05, 0) is 53.6 Å². The highest BCUT2D eigenvalue weighted by Crippen LogP contribution is 2.21. The van der Waals surface area contributed by atoms with Crippen molar-refractivity contribution in [1.82, 2.24) is 0 Å². The highest BCUT2D eigenvalue weighted by Gasteiger charge is 2.08. The molecule has 0 atom stereocenters. The molecule has 0 aliphatic heterocycles. The number of carbonyl (C=O) groups excluding carboxylic acids is 1. The maximum atomic E-state index is 12.4. The van der Waals surface area contributed by atoms with Crippen LogP contribution in [-0.4, -0.2) is 5.97 Å². The first kappa shape index (κ1) is 18.7. The molecule has 0 aliphatic rings. The van der Waals surface area contributed by atoms with Crippen LogP contribution in [0.3, 0.4) is 0 Å². The van der Waals surface area contributed by atoms with E-state index in [4.69, 9.17) is 4.74 Å². The van der Waals surface area contributed by atoms with Crippen LogP contribution in [0.15, 0.2) is 66.7 Å². The van der Waals surface area contributed by atoms with Crippen molar-refractivity contribution < 1.29 is 9.53 Å². The Labute approximate surface area is 161 Å². The van der Waals surface area contributed by atoms with Gasteiger partial charge in [-0.3, -0.25) is 0 Å². The Kier molecular flexibility index (Phi) is 6.66. The Morgan fingerprint density at radius 2 is 1.67 bits per heavy atom. The normalized spacial score (nSPS) is 10.3. The number of esters is 1. The topological polar surface area (TPSA) is 26.3 Å². The summed E-state index contributed by atoms with van der Waals surface area (Å²) in [4.78, 5) is 12.4. The molecule has 0 aliphatic carbocycles. The van der Waals surface area contributed by atoms with Gasteiger partial charge in [0.2, 0.25) is 0 Å². The molecule has 3 rings (SSSR count). The third-order valence-electron chi connectivity index (χ3n) is 4.44. The van der Waals surface area contributed by atoms with Gasteiger partial charge >= 0.3 is 5.97 Å². The molecule has 0 fully saturated rings. The van der Waals surface area contributed by atoms with E-state index in [-0.39, 0.29) is 5.97 Å². The van der Waals surface area contributed by atoms with Crippen molar-refractivity contribution in [3.63, 3.8) is 0 Å². The van der Waals surface area contributed by atoms with E-state index in [0.717, 1.165) is 29.2 Å². The summed E-state index contributed by atoms with van der Waals surface area (Å²) >= 11 is 0. The summed E-state index contributed by atoms with van der Waals surface area (Å²) in [6, 6.07) is 20.9. The summed E-state index contributed by atoms with van der Waals surface area (Å²) in [7, 11) is 0. The van der Waals surface area contributed by atoms with Crippen LogP contribution in [-0.2, 0) is 0 Å². The molecule has 0 N–H and O–H groups in total. The fourth-order valence-corrected chi connectivity index (χ4v) is 2.89. The molecule has 0 heterocycles. The molecule has 0 saturated heterocycles. The fourth-order valence-electron chi connectivity index (χ4n) is 2.89. The molecule has 2 heteroatoms. The second kappa shape index (κ2) is 9.59. The number of rotatable bonds is 6. The Morgan fingerprint density at radius 3 is 2.44 bits per heavy atom. The van der Waals surface area contributed by atoms with Gasteiger partial charge in [0.25, 0.3) is 0 Å². The predicted octanol–water partition coefficient (Wildman–Crippen LogP) is 6.38. The first-order valence-corrected chi connectivity index (χ1v) is 9.56. The van der Waals surface area contributed by atoms with E-state index in [1.54, 1.807) is 12.1 Å². The number of fused-ring (bicyclic) bond motifs is 1. The number of ether oxygens (including phenoxy) is 1. The lowest BCUT2D eigenvalue weighted by Gasteiger charge is -2.06. The summed E-state index contributed by atoms with van der Waals surface area (Å²) in [6.45, 7) is 2.21. The van der Waals surface area contributed by atoms with Crippen molar-refractivity contribution in [2.75, 3.05) is 0 Å². The maximum Gasteiger partial charge on any atom is 0.343 e. The minimum absolute atomic E-state index is 0.357. The Morgan fingerprint density at radius 1 is 0.889 bits per heavy atom. The minimum Gasteiger partial charge on any atom is -0.423 e. The van der Waals surface area contributed by atoms with E-state index in [9.17, 15) is 4.79 Å². The zero-order valence-corrected chi connectivity index (χ0v) is 15.7. The van der Waals surface area contributed by atoms with Crippen molar-refractivity contribution in [1.29, 1.82) is 0 Å². The van der Waals surface area contributed by atoms with Gasteiger partial charge in [-0.2, -0.15) is 0 Å². The minimum atomic E-state index is -0.357. The summed E-state index contributed by atoms with van der Waals surface area (Å²) in [5.74, 6) is 6.55. The van der Waals surface area contributed by atoms with E-state index in [1.165, 1.54) is 19.3 Å². The molecule has 3 aromatic carbocycles. The molecule has 0 spiro atoms. The zero-order chi connectivity index (χ0) is 18.9. The Balaban J connectivity index is 1.59. The SMILES string of the molecule is CCCCCCC#Cc1ccc(C(=O)Oc2ccc3ccccc3c2)cc1. The molecule has 136 valence electrons. The van der Waals surface area contributed by atoms with E-state index in [2.05, 4.69) is 18.8 Å². The van der Waals surface area contributed by atoms with Gasteiger partial charge in [0.1, 0.15) is 5.75 Å². The second-order valence-corrected chi connectivity index (χ2v) is 6.59. The maximum absolute atomic E-state index is 12.4. The van der Waals surface area contributed by atoms with E-state index in [1.807, 2.05) is 54.6 Å². The smallest absolute Gasteiger partial charge is 0.343 e. The van der Waals surface area contributed by atoms with Crippen LogP contribution >= 0.6 is 0 Å². The van der Waals surface area contributed by atoms with Crippen LogP contribution in [0.1, 0.15) is 54.9 Å². The van der Waals surface area contributed by atoms with Crippen LogP contribution in [0.4, 0.5) is 0 Å². The zero-order valence-electron chi connectivity index (χ0n) is 15.7. The van der Waals surface area contributed by atoms with E-state index in [0.29, 0.717) is 11.3 Å². The molecule has 0 aromatic heterocycles. The monoisotopic (exact) mass is 356 g/mol. The van der Waals surface area contributed by atoms with Crippen molar-refractivity contribution in [2.24, 2.45) is 0 Å². The highest BCUT2D eigenvalue weighted by atomic mass is 16.5. The van der Waals surface area contributed by atoms with Crippen molar-refractivity contribution >= 4 is 16.7 Å². The molecule has 0 radical (unpaired) electrons. The lowest BCUT2D eigenvalue weighted by molar-refractivity contribution is 0.0735. The quantitative estimate of drug-likeness (QED) is 0.222. The molecule has 0 unspecified atom stereocenters. The molecule has 0 bridgehead atoms. The summed E-state index contributed by atoms with van der Waals surface area (Å²) < 4.78 is 5.51. The molecular weight excluding hydrogens is 332 g/mol. The fraction of sp³-hybridized carbons (Fsp3) is 0.240. The van der Waals surface area contributed by atoms with Crippen LogP contribution in [0.5, 0.6) is 5.75 Å². The molecular formula is C25H24O2. The van der Waals surface area contributed by atoms with Gasteiger partial charge in [0, 0.05) is 12.0 Å². The van der Waals surface area contributed by atoms with Gasteiger partial charge < -0.3 is 4.74 Å². The van der Waals surface area contributed by atoms with Gasteiger partial charge in [-0.1, -0.05) is 68.4 Å². The van der Waals surface area contributed by atoms with E-state index >= 15 is 0 Å². The van der Waals surface area contributed by atoms with Crippen molar-refractivity contribution in [3.8, 4) is 17.6 Å². The van der Waals surface area contributed by atoms with Crippen LogP contribution in [0.25, 0.3) is 10.8 Å². The van der Waals surface area contributed by atoms with Gasteiger partial charge in [0.15, 0.2) is 0 Å². The van der Waals surface area contributed by atoms with Crippen molar-refractivity contribution in [3.05, 3.63) is 77.9 Å². The molecule has 2 nitrogen and oxygen atoms in total. The molecule has 0 amide bonds. The largest absolute Gasteiger partial charge is 0.423 e. The number of unbranched alkanes of at least 4 members (excludes halogenated alkanes) is 4. The van der Waals surface area contributed by atoms with Gasteiger partial charge in [-0.25, -0.2) is 4.79 Å². The van der Waals surface area contributed by atoms with Gasteiger partial charge in [0.05, 0.1) is 5.56 Å². The lowest BCUT2D eigenvalue weighted by Crippen LogP contribution is -2.08. The standard InChI is InChI=1S/C25H24O2/c1-2-3-4-5-6-7-10-20-13-15-22(16-14-20)25(26)27-24-18-17-21-11-8-9-12-23(21)19-24/h8-9,11-19H,2-6H2,1H3. The first-order chi connectivity index (χ1) is 13.3. The Bertz CT molecular complexity index is 959. The van der Waals surface area contributed by atoms with Crippen LogP contribution < -0.4 is 4.74 Å². The third-order valence-corrected chi connectivity index (χ3v) is 4.44. The number of benzene rings is 3. The highest BCUT2D eigenvalue weighted by molar-refractivity contribution is 5.92. The number of carbonyl (C=O) groups is 1.